The van der Waals surface area contributed by atoms with Crippen molar-refractivity contribution in [2.45, 2.75) is 6.92 Å². The van der Waals surface area contributed by atoms with Gasteiger partial charge in [0, 0.05) is 52.6 Å². The van der Waals surface area contributed by atoms with Gasteiger partial charge >= 0.3 is 0 Å². The molecular weight excluding hydrogens is 213 g/mol. The molecule has 57 valence electrons. The van der Waals surface area contributed by atoms with E-state index in [2.05, 4.69) is 11.1 Å². The molecule has 0 aromatic carbocycles. The normalized spacial score (nSPS) is 8.64. The van der Waals surface area contributed by atoms with Crippen molar-refractivity contribution < 1.29 is 32.7 Å². The molecule has 1 aromatic heterocycles. The van der Waals surface area contributed by atoms with Gasteiger partial charge in [0.15, 0.2) is 0 Å². The van der Waals surface area contributed by atoms with Crippen molar-refractivity contribution in [3.8, 4) is 0 Å². The maximum Gasteiger partial charge on any atom is 0.0431 e. The summed E-state index contributed by atoms with van der Waals surface area (Å²) in [5.41, 5.74) is 0.936. The quantitative estimate of drug-likeness (QED) is 0.667. The second-order valence-corrected chi connectivity index (χ2v) is 2.43. The summed E-state index contributed by atoms with van der Waals surface area (Å²) in [7, 11) is 3.95. The Hall–Kier alpha value is 0.0539. The molecule has 0 amide bonds. The molecule has 11 heavy (non-hydrogen) atoms. The van der Waals surface area contributed by atoms with Crippen LogP contribution in [-0.4, -0.2) is 19.1 Å². The number of aromatic nitrogens is 1. The monoisotopic (exact) mass is 224 g/mol. The van der Waals surface area contributed by atoms with Crippen LogP contribution in [0.5, 0.6) is 0 Å². The Balaban J connectivity index is 0.000001000. The van der Waals surface area contributed by atoms with Crippen molar-refractivity contribution in [1.29, 1.82) is 0 Å². The number of pyridine rings is 1. The number of nitrogens with zero attached hydrogens (tertiary/aromatic N) is 2. The van der Waals surface area contributed by atoms with Crippen LogP contribution in [0.3, 0.4) is 0 Å². The zero-order chi connectivity index (χ0) is 7.56. The Bertz CT molecular complexity index is 223. The first-order valence-electron chi connectivity index (χ1n) is 3.23. The second kappa shape index (κ2) is 4.84. The van der Waals surface area contributed by atoms with Gasteiger partial charge in [0.05, 0.1) is 0 Å². The second-order valence-electron chi connectivity index (χ2n) is 2.43. The van der Waals surface area contributed by atoms with E-state index < -0.39 is 0 Å². The topological polar surface area (TPSA) is 16.1 Å². The first-order chi connectivity index (χ1) is 4.70. The number of anilines is 1. The van der Waals surface area contributed by atoms with Gasteiger partial charge in [-0.3, -0.25) is 4.98 Å². The maximum atomic E-state index is 4.24. The molecule has 1 heterocycles. The largest absolute Gasteiger partial charge is 0.378 e. The van der Waals surface area contributed by atoms with Gasteiger partial charge in [0.25, 0.3) is 0 Å². The van der Waals surface area contributed by atoms with Crippen molar-refractivity contribution >= 4 is 5.82 Å². The van der Waals surface area contributed by atoms with Crippen molar-refractivity contribution in [2.24, 2.45) is 0 Å². The van der Waals surface area contributed by atoms with Crippen LogP contribution in [0.25, 0.3) is 0 Å². The summed E-state index contributed by atoms with van der Waals surface area (Å²) < 4.78 is 0. The summed E-state index contributed by atoms with van der Waals surface area (Å²) in [6, 6.07) is 6.81. The van der Waals surface area contributed by atoms with E-state index >= 15 is 0 Å². The van der Waals surface area contributed by atoms with Crippen LogP contribution in [0.1, 0.15) is 5.69 Å². The zero-order valence-corrected chi connectivity index (χ0v) is 9.96. The van der Waals surface area contributed by atoms with Gasteiger partial charge in [-0.15, -0.1) is 0 Å². The minimum Gasteiger partial charge on any atom is -0.378 e. The molecule has 0 saturated carbocycles. The fraction of sp³-hybridized carbons (Fsp3) is 0.375. The van der Waals surface area contributed by atoms with Crippen LogP contribution in [0.2, 0.25) is 0 Å². The predicted molar refractivity (Wildman–Crippen MR) is 42.1 cm³/mol. The van der Waals surface area contributed by atoms with Crippen LogP contribution in [0.15, 0.2) is 12.1 Å². The zero-order valence-electron chi connectivity index (χ0n) is 7.13. The summed E-state index contributed by atoms with van der Waals surface area (Å²) in [6.07, 6.45) is 0. The van der Waals surface area contributed by atoms with Gasteiger partial charge < -0.3 is 4.90 Å². The molecule has 0 atom stereocenters. The molecule has 0 fully saturated rings. The van der Waals surface area contributed by atoms with Gasteiger partial charge in [-0.25, -0.2) is 12.1 Å². The molecule has 0 aliphatic rings. The molecule has 0 unspecified atom stereocenters. The van der Waals surface area contributed by atoms with E-state index in [1.54, 1.807) is 0 Å². The predicted octanol–water partition coefficient (Wildman–Crippen LogP) is 1.25. The van der Waals surface area contributed by atoms with Crippen LogP contribution in [0.4, 0.5) is 5.82 Å². The Labute approximate surface area is 92.9 Å². The van der Waals surface area contributed by atoms with Crippen LogP contribution < -0.4 is 4.90 Å². The number of hydrogen-bond acceptors (Lipinski definition) is 2. The van der Waals surface area contributed by atoms with Crippen molar-refractivity contribution in [3.05, 3.63) is 23.9 Å². The van der Waals surface area contributed by atoms with Gasteiger partial charge in [-0.2, -0.15) is 6.07 Å². The standard InChI is InChI=1S/C8H11N2.Y/c1-7-5-4-6-8(9-7)10(2)3;/h4,6H,1-3H3;/q-1;. The van der Waals surface area contributed by atoms with Gasteiger partial charge in [0.1, 0.15) is 0 Å². The smallest absolute Gasteiger partial charge is 0.0431 e. The van der Waals surface area contributed by atoms with Crippen LogP contribution >= 0.6 is 0 Å². The summed E-state index contributed by atoms with van der Waals surface area (Å²) in [5.74, 6) is 0.983. The Kier molecular flexibility index (Phi) is 4.86. The van der Waals surface area contributed by atoms with E-state index in [4.69, 9.17) is 0 Å². The van der Waals surface area contributed by atoms with E-state index in [-0.39, 0.29) is 32.7 Å². The molecule has 0 aliphatic heterocycles. The minimum absolute atomic E-state index is 0. The third kappa shape index (κ3) is 3.30. The van der Waals surface area contributed by atoms with E-state index in [0.29, 0.717) is 0 Å². The third-order valence-corrected chi connectivity index (χ3v) is 1.27. The Morgan fingerprint density at radius 2 is 2.09 bits per heavy atom. The molecule has 0 N–H and O–H groups in total. The summed E-state index contributed by atoms with van der Waals surface area (Å²) in [4.78, 5) is 6.22. The number of rotatable bonds is 1. The maximum absolute atomic E-state index is 4.24. The number of hydrogen-bond donors (Lipinski definition) is 0. The molecule has 1 aromatic rings. The molecule has 1 rings (SSSR count). The van der Waals surface area contributed by atoms with E-state index in [9.17, 15) is 0 Å². The summed E-state index contributed by atoms with van der Waals surface area (Å²) in [5, 5.41) is 0. The molecule has 0 saturated heterocycles. The average Bonchev–Trinajstić information content (AvgIpc) is 1.88. The molecule has 3 heteroatoms. The molecule has 2 nitrogen and oxygen atoms in total. The Morgan fingerprint density at radius 1 is 1.45 bits per heavy atom. The molecule has 1 radical (unpaired) electrons. The summed E-state index contributed by atoms with van der Waals surface area (Å²) >= 11 is 0. The van der Waals surface area contributed by atoms with Gasteiger partial charge in [-0.1, -0.05) is 5.69 Å². The van der Waals surface area contributed by atoms with Crippen molar-refractivity contribution in [3.63, 3.8) is 0 Å². The molecule has 0 aliphatic carbocycles. The first-order valence-corrected chi connectivity index (χ1v) is 3.23. The third-order valence-electron chi connectivity index (χ3n) is 1.27. The fourth-order valence-corrected chi connectivity index (χ4v) is 0.727. The molecule has 0 spiro atoms. The van der Waals surface area contributed by atoms with E-state index in [1.165, 1.54) is 0 Å². The SMILES string of the molecule is Cc1[c-]ccc(N(C)C)n1.[Y]. The fourth-order valence-electron chi connectivity index (χ4n) is 0.727. The van der Waals surface area contributed by atoms with Gasteiger partial charge in [-0.05, 0) is 6.92 Å². The average molecular weight is 224 g/mol. The van der Waals surface area contributed by atoms with Gasteiger partial charge in [0.2, 0.25) is 0 Å². The summed E-state index contributed by atoms with van der Waals surface area (Å²) in [6.45, 7) is 1.94. The Morgan fingerprint density at radius 3 is 2.45 bits per heavy atom. The molecular formula is C8H11N2Y-. The number of aryl methyl sites for hydroxylation is 1. The van der Waals surface area contributed by atoms with E-state index in [0.717, 1.165) is 11.5 Å². The molecule has 0 bridgehead atoms. The van der Waals surface area contributed by atoms with Crippen molar-refractivity contribution in [2.75, 3.05) is 19.0 Å². The van der Waals surface area contributed by atoms with E-state index in [1.807, 2.05) is 38.1 Å². The minimum atomic E-state index is 0. The van der Waals surface area contributed by atoms with Crippen LogP contribution in [0, 0.1) is 13.0 Å². The van der Waals surface area contributed by atoms with Crippen molar-refractivity contribution in [1.82, 2.24) is 4.98 Å². The first kappa shape index (κ1) is 11.1. The van der Waals surface area contributed by atoms with Crippen LogP contribution in [-0.2, 0) is 32.7 Å².